The molecule has 36 heavy (non-hydrogen) atoms. The van der Waals surface area contributed by atoms with Crippen LogP contribution in [0.1, 0.15) is 29.6 Å². The molecule has 2 aromatic heterocycles. The summed E-state index contributed by atoms with van der Waals surface area (Å²) < 4.78 is 30.1. The van der Waals surface area contributed by atoms with Crippen LogP contribution < -0.4 is 9.80 Å². The van der Waals surface area contributed by atoms with Crippen molar-refractivity contribution in [2.45, 2.75) is 25.8 Å². The van der Waals surface area contributed by atoms with E-state index in [9.17, 15) is 23.2 Å². The van der Waals surface area contributed by atoms with E-state index in [1.54, 1.807) is 24.7 Å². The number of amides is 3. The lowest BCUT2D eigenvalue weighted by molar-refractivity contribution is -0.121. The van der Waals surface area contributed by atoms with Crippen LogP contribution in [0.2, 0.25) is 0 Å². The predicted octanol–water partition coefficient (Wildman–Crippen LogP) is 4.58. The topological polar surface area (TPSA) is 88.4 Å². The number of fused-ring (bicyclic) bond motifs is 1. The van der Waals surface area contributed by atoms with Crippen molar-refractivity contribution in [3.8, 4) is 0 Å². The van der Waals surface area contributed by atoms with Crippen LogP contribution in [-0.4, -0.2) is 38.8 Å². The Morgan fingerprint density at radius 1 is 1.08 bits per heavy atom. The average Bonchev–Trinajstić information content (AvgIpc) is 3.57. The van der Waals surface area contributed by atoms with Crippen LogP contribution in [-0.2, 0) is 16.1 Å². The van der Waals surface area contributed by atoms with Gasteiger partial charge < -0.3 is 4.57 Å². The number of aromatic nitrogens is 3. The minimum Gasteiger partial charge on any atom is -0.337 e. The molecule has 0 N–H and O–H groups in total. The first-order valence-electron chi connectivity index (χ1n) is 10.9. The summed E-state index contributed by atoms with van der Waals surface area (Å²) in [5, 5.41) is 0.245. The Labute approximate surface area is 214 Å². The lowest BCUT2D eigenvalue weighted by Crippen LogP contribution is -2.32. The second-order valence-electron chi connectivity index (χ2n) is 8.01. The van der Waals surface area contributed by atoms with Gasteiger partial charge in [-0.05, 0) is 36.8 Å². The number of hydrogen-bond donors (Lipinski definition) is 0. The second-order valence-corrected chi connectivity index (χ2v) is 9.02. The smallest absolute Gasteiger partial charge is 0.260 e. The van der Waals surface area contributed by atoms with Gasteiger partial charge in [0.15, 0.2) is 10.9 Å². The predicted molar refractivity (Wildman–Crippen MR) is 133 cm³/mol. The van der Waals surface area contributed by atoms with E-state index < -0.39 is 11.6 Å². The quantitative estimate of drug-likeness (QED) is 0.326. The molecule has 0 unspecified atom stereocenters. The van der Waals surface area contributed by atoms with Gasteiger partial charge >= 0.3 is 0 Å². The zero-order valence-corrected chi connectivity index (χ0v) is 20.4. The summed E-state index contributed by atoms with van der Waals surface area (Å²) in [6.45, 7) is 0.863. The van der Waals surface area contributed by atoms with Crippen molar-refractivity contribution in [1.82, 2.24) is 14.5 Å². The number of imidazole rings is 1. The van der Waals surface area contributed by atoms with Gasteiger partial charge in [-0.2, -0.15) is 0 Å². The first kappa shape index (κ1) is 25.4. The molecule has 0 atom stereocenters. The maximum atomic E-state index is 14.3. The van der Waals surface area contributed by atoms with Crippen LogP contribution >= 0.6 is 23.7 Å². The third kappa shape index (κ3) is 4.98. The summed E-state index contributed by atoms with van der Waals surface area (Å²) >= 11 is 1.03. The molecule has 12 heteroatoms. The van der Waals surface area contributed by atoms with E-state index >= 15 is 0 Å². The van der Waals surface area contributed by atoms with Crippen LogP contribution in [0.5, 0.6) is 0 Å². The minimum atomic E-state index is -0.794. The number of carbonyl (C=O) groups excluding carboxylic acids is 3. The number of anilines is 2. The van der Waals surface area contributed by atoms with Crippen LogP contribution in [0.4, 0.5) is 19.6 Å². The largest absolute Gasteiger partial charge is 0.337 e. The molecule has 1 aliphatic rings. The van der Waals surface area contributed by atoms with Crippen molar-refractivity contribution in [1.29, 1.82) is 0 Å². The molecule has 0 aliphatic carbocycles. The summed E-state index contributed by atoms with van der Waals surface area (Å²) in [4.78, 5) is 48.3. The van der Waals surface area contributed by atoms with Crippen molar-refractivity contribution in [3.05, 3.63) is 72.3 Å². The van der Waals surface area contributed by atoms with Gasteiger partial charge in [0.05, 0.1) is 16.7 Å². The van der Waals surface area contributed by atoms with Crippen LogP contribution in [0.25, 0.3) is 10.2 Å². The van der Waals surface area contributed by atoms with E-state index in [0.717, 1.165) is 22.3 Å². The van der Waals surface area contributed by atoms with Crippen LogP contribution in [0, 0.1) is 11.6 Å². The lowest BCUT2D eigenvalue weighted by atomic mass is 10.1. The van der Waals surface area contributed by atoms with Gasteiger partial charge in [0.25, 0.3) is 5.91 Å². The number of imide groups is 1. The Morgan fingerprint density at radius 2 is 1.81 bits per heavy atom. The molecule has 0 saturated carbocycles. The van der Waals surface area contributed by atoms with Crippen LogP contribution in [0.15, 0.2) is 55.1 Å². The van der Waals surface area contributed by atoms with E-state index in [1.807, 2.05) is 10.8 Å². The molecule has 186 valence electrons. The molecule has 3 heterocycles. The fourth-order valence-corrected chi connectivity index (χ4v) is 4.98. The molecule has 4 aromatic rings. The van der Waals surface area contributed by atoms with Gasteiger partial charge in [-0.25, -0.2) is 18.7 Å². The normalized spacial score (nSPS) is 13.3. The molecule has 1 fully saturated rings. The van der Waals surface area contributed by atoms with Crippen molar-refractivity contribution < 1.29 is 23.2 Å². The number of hydrogen-bond acceptors (Lipinski definition) is 6. The van der Waals surface area contributed by atoms with Gasteiger partial charge in [0.2, 0.25) is 11.8 Å². The Bertz CT molecular complexity index is 1410. The average molecular weight is 532 g/mol. The Balaban J connectivity index is 0.00000304. The number of rotatable bonds is 7. The van der Waals surface area contributed by atoms with E-state index in [0.29, 0.717) is 28.9 Å². The summed E-state index contributed by atoms with van der Waals surface area (Å²) in [6.07, 6.45) is 6.02. The highest BCUT2D eigenvalue weighted by Gasteiger charge is 2.30. The number of halogens is 3. The molecule has 1 saturated heterocycles. The summed E-state index contributed by atoms with van der Waals surface area (Å²) in [7, 11) is 0. The van der Waals surface area contributed by atoms with Crippen molar-refractivity contribution in [2.75, 3.05) is 16.3 Å². The van der Waals surface area contributed by atoms with E-state index in [4.69, 9.17) is 0 Å². The van der Waals surface area contributed by atoms with Gasteiger partial charge in [-0.1, -0.05) is 11.3 Å². The molecular formula is C24H20ClF2N5O3S. The Hall–Kier alpha value is -3.70. The summed E-state index contributed by atoms with van der Waals surface area (Å²) in [5.74, 6) is -2.46. The molecule has 0 spiro atoms. The molecule has 0 bridgehead atoms. The molecule has 1 aliphatic heterocycles. The monoisotopic (exact) mass is 531 g/mol. The second kappa shape index (κ2) is 10.5. The lowest BCUT2D eigenvalue weighted by Gasteiger charge is -2.21. The van der Waals surface area contributed by atoms with Crippen molar-refractivity contribution in [3.63, 3.8) is 0 Å². The first-order valence-corrected chi connectivity index (χ1v) is 11.7. The molecule has 5 rings (SSSR count). The fraction of sp³-hybridized carbons (Fsp3) is 0.208. The summed E-state index contributed by atoms with van der Waals surface area (Å²) in [5.41, 5.74) is 0.708. The number of aryl methyl sites for hydroxylation is 1. The zero-order chi connectivity index (χ0) is 24.5. The highest BCUT2D eigenvalue weighted by molar-refractivity contribution is 7.22. The Kier molecular flexibility index (Phi) is 7.41. The SMILES string of the molecule is Cl.O=C(c1ccc(N2C(=O)CCC2=O)cc1)N(CCCn1ccnc1)c1nc2c(F)cc(F)cc2s1. The maximum Gasteiger partial charge on any atom is 0.260 e. The van der Waals surface area contributed by atoms with Gasteiger partial charge in [-0.3, -0.25) is 24.2 Å². The molecule has 2 aromatic carbocycles. The molecule has 0 radical (unpaired) electrons. The van der Waals surface area contributed by atoms with Crippen molar-refractivity contribution >= 4 is 62.5 Å². The van der Waals surface area contributed by atoms with E-state index in [1.165, 1.54) is 23.1 Å². The Morgan fingerprint density at radius 3 is 2.47 bits per heavy atom. The maximum absolute atomic E-state index is 14.3. The van der Waals surface area contributed by atoms with Crippen LogP contribution in [0.3, 0.4) is 0 Å². The number of carbonyl (C=O) groups is 3. The number of nitrogens with zero attached hydrogens (tertiary/aromatic N) is 5. The van der Waals surface area contributed by atoms with Crippen molar-refractivity contribution in [2.24, 2.45) is 0 Å². The fourth-order valence-electron chi connectivity index (χ4n) is 3.95. The van der Waals surface area contributed by atoms with E-state index in [-0.39, 0.29) is 60.2 Å². The minimum absolute atomic E-state index is 0. The molecular weight excluding hydrogens is 512 g/mol. The number of benzene rings is 2. The number of thiazole rings is 1. The van der Waals surface area contributed by atoms with Gasteiger partial charge in [0, 0.05) is 50.0 Å². The summed E-state index contributed by atoms with van der Waals surface area (Å²) in [6, 6.07) is 8.11. The third-order valence-corrected chi connectivity index (χ3v) is 6.68. The highest BCUT2D eigenvalue weighted by Crippen LogP contribution is 2.32. The molecule has 8 nitrogen and oxygen atoms in total. The first-order chi connectivity index (χ1) is 16.9. The standard InChI is InChI=1S/C24H19F2N5O3S.ClH/c25-16-12-18(26)22-19(13-16)35-24(28-22)30(10-1-9-29-11-8-27-14-29)23(34)15-2-4-17(5-3-15)31-20(32)6-7-21(31)33;/h2-5,8,11-14H,1,6-7,9-10H2;1H. The van der Waals surface area contributed by atoms with Gasteiger partial charge in [-0.15, -0.1) is 12.4 Å². The van der Waals surface area contributed by atoms with E-state index in [2.05, 4.69) is 9.97 Å². The zero-order valence-electron chi connectivity index (χ0n) is 18.8. The highest BCUT2D eigenvalue weighted by atomic mass is 35.5. The molecule has 3 amide bonds. The third-order valence-electron chi connectivity index (χ3n) is 5.66. The van der Waals surface area contributed by atoms with Gasteiger partial charge in [0.1, 0.15) is 11.3 Å².